The molecule has 0 radical (unpaired) electrons. The van der Waals surface area contributed by atoms with Gasteiger partial charge in [0.1, 0.15) is 0 Å². The van der Waals surface area contributed by atoms with Crippen molar-refractivity contribution in [3.63, 3.8) is 0 Å². The molecule has 5 rings (SSSR count). The van der Waals surface area contributed by atoms with Gasteiger partial charge < -0.3 is 5.11 Å². The van der Waals surface area contributed by atoms with Crippen LogP contribution in [0, 0.1) is 39.9 Å². The Morgan fingerprint density at radius 3 is 2.25 bits per heavy atom. The molecular formula is C27H42O. The van der Waals surface area contributed by atoms with Gasteiger partial charge in [0.05, 0.1) is 6.10 Å². The Kier molecular flexibility index (Phi) is 4.48. The van der Waals surface area contributed by atoms with Gasteiger partial charge in [-0.2, -0.15) is 0 Å². The van der Waals surface area contributed by atoms with E-state index in [1.807, 2.05) is 5.57 Å². The van der Waals surface area contributed by atoms with Crippen molar-refractivity contribution < 1.29 is 5.11 Å². The first-order valence-corrected chi connectivity index (χ1v) is 12.3. The van der Waals surface area contributed by atoms with Crippen LogP contribution in [-0.2, 0) is 0 Å². The Labute approximate surface area is 173 Å². The lowest BCUT2D eigenvalue weighted by Crippen LogP contribution is -2.50. The predicted octanol–water partition coefficient (Wildman–Crippen LogP) is 7.06. The van der Waals surface area contributed by atoms with Crippen LogP contribution in [0.2, 0.25) is 0 Å². The van der Waals surface area contributed by atoms with Crippen molar-refractivity contribution in [2.45, 2.75) is 104 Å². The number of rotatable bonds is 1. The fourth-order valence-electron chi connectivity index (χ4n) is 8.59. The summed E-state index contributed by atoms with van der Waals surface area (Å²) in [5.41, 5.74) is 4.91. The maximum atomic E-state index is 10.2. The fraction of sp³-hybridized carbons (Fsp3) is 0.852. The summed E-state index contributed by atoms with van der Waals surface area (Å²) in [4.78, 5) is 0. The molecule has 0 spiro atoms. The standard InChI is InChI=1S/C27H42O/c1-25(2)13-9-18(10-14-25)22-7-8-23-21-6-5-19-17-20(28)11-15-26(19,3)24(21)12-16-27(22,23)4/h5,7,18,20-21,23-24,28H,6,8-17H2,1-4H3/t20-,21-,23-,24-,26-,27+/m0/s1. The van der Waals surface area contributed by atoms with Crippen LogP contribution >= 0.6 is 0 Å². The van der Waals surface area contributed by atoms with Crippen LogP contribution in [0.5, 0.6) is 0 Å². The maximum Gasteiger partial charge on any atom is 0.0577 e. The lowest BCUT2D eigenvalue weighted by atomic mass is 9.47. The molecule has 3 saturated carbocycles. The first-order valence-electron chi connectivity index (χ1n) is 12.3. The molecule has 6 atom stereocenters. The first-order chi connectivity index (χ1) is 13.2. The molecule has 1 N–H and O–H groups in total. The van der Waals surface area contributed by atoms with E-state index in [0.717, 1.165) is 36.5 Å². The van der Waals surface area contributed by atoms with E-state index in [-0.39, 0.29) is 6.10 Å². The minimum absolute atomic E-state index is 0.0833. The van der Waals surface area contributed by atoms with E-state index in [1.165, 1.54) is 57.8 Å². The third-order valence-corrected chi connectivity index (χ3v) is 10.5. The summed E-state index contributed by atoms with van der Waals surface area (Å²) in [5, 5.41) is 10.2. The minimum atomic E-state index is -0.0833. The van der Waals surface area contributed by atoms with Crippen LogP contribution in [0.1, 0.15) is 98.3 Å². The quantitative estimate of drug-likeness (QED) is 0.481. The van der Waals surface area contributed by atoms with Gasteiger partial charge in [-0.3, -0.25) is 0 Å². The zero-order valence-electron chi connectivity index (χ0n) is 18.8. The number of aliphatic hydroxyl groups is 1. The van der Waals surface area contributed by atoms with Gasteiger partial charge >= 0.3 is 0 Å². The first kappa shape index (κ1) is 19.4. The van der Waals surface area contributed by atoms with E-state index in [0.29, 0.717) is 16.2 Å². The summed E-state index contributed by atoms with van der Waals surface area (Å²) in [6.07, 6.45) is 19.5. The normalized spacial score (nSPS) is 48.2. The lowest BCUT2D eigenvalue weighted by Gasteiger charge is -2.58. The Hall–Kier alpha value is -0.560. The van der Waals surface area contributed by atoms with Gasteiger partial charge in [0, 0.05) is 0 Å². The monoisotopic (exact) mass is 382 g/mol. The Morgan fingerprint density at radius 2 is 1.50 bits per heavy atom. The molecule has 156 valence electrons. The highest BCUT2D eigenvalue weighted by Gasteiger charge is 2.57. The predicted molar refractivity (Wildman–Crippen MR) is 117 cm³/mol. The fourth-order valence-corrected chi connectivity index (χ4v) is 8.59. The molecule has 3 fully saturated rings. The molecule has 0 saturated heterocycles. The van der Waals surface area contributed by atoms with E-state index in [2.05, 4.69) is 39.8 Å². The molecule has 0 aliphatic heterocycles. The molecule has 0 aromatic rings. The Balaban J connectivity index is 1.38. The van der Waals surface area contributed by atoms with Gasteiger partial charge in [0.25, 0.3) is 0 Å². The molecule has 0 aromatic carbocycles. The second kappa shape index (κ2) is 6.47. The summed E-state index contributed by atoms with van der Waals surface area (Å²) >= 11 is 0. The molecule has 0 unspecified atom stereocenters. The molecular weight excluding hydrogens is 340 g/mol. The largest absolute Gasteiger partial charge is 0.393 e. The highest BCUT2D eigenvalue weighted by atomic mass is 16.3. The Morgan fingerprint density at radius 1 is 0.786 bits per heavy atom. The van der Waals surface area contributed by atoms with Crippen molar-refractivity contribution in [2.24, 2.45) is 39.9 Å². The highest BCUT2D eigenvalue weighted by molar-refractivity contribution is 5.31. The summed E-state index contributed by atoms with van der Waals surface area (Å²) in [6, 6.07) is 0. The number of fused-ring (bicyclic) bond motifs is 5. The van der Waals surface area contributed by atoms with Gasteiger partial charge in [0.2, 0.25) is 0 Å². The topological polar surface area (TPSA) is 20.2 Å². The van der Waals surface area contributed by atoms with E-state index in [1.54, 1.807) is 5.57 Å². The maximum absolute atomic E-state index is 10.2. The third kappa shape index (κ3) is 2.82. The summed E-state index contributed by atoms with van der Waals surface area (Å²) in [7, 11) is 0. The van der Waals surface area contributed by atoms with Gasteiger partial charge in [-0.25, -0.2) is 0 Å². The molecule has 0 amide bonds. The van der Waals surface area contributed by atoms with Crippen LogP contribution in [0.3, 0.4) is 0 Å². The van der Waals surface area contributed by atoms with Crippen molar-refractivity contribution in [1.29, 1.82) is 0 Å². The van der Waals surface area contributed by atoms with Crippen molar-refractivity contribution >= 4 is 0 Å². The van der Waals surface area contributed by atoms with Crippen molar-refractivity contribution in [1.82, 2.24) is 0 Å². The van der Waals surface area contributed by atoms with Gasteiger partial charge in [-0.1, -0.05) is 51.0 Å². The number of aliphatic hydroxyl groups excluding tert-OH is 1. The van der Waals surface area contributed by atoms with Crippen molar-refractivity contribution in [3.05, 3.63) is 23.3 Å². The highest BCUT2D eigenvalue weighted by Crippen LogP contribution is 2.66. The zero-order chi connectivity index (χ0) is 19.7. The van der Waals surface area contributed by atoms with Crippen LogP contribution in [0.25, 0.3) is 0 Å². The van der Waals surface area contributed by atoms with Crippen LogP contribution < -0.4 is 0 Å². The summed E-state index contributed by atoms with van der Waals surface area (Å²) < 4.78 is 0. The molecule has 1 nitrogen and oxygen atoms in total. The van der Waals surface area contributed by atoms with Gasteiger partial charge in [0.15, 0.2) is 0 Å². The van der Waals surface area contributed by atoms with E-state index < -0.39 is 0 Å². The van der Waals surface area contributed by atoms with Crippen LogP contribution in [-0.4, -0.2) is 11.2 Å². The van der Waals surface area contributed by atoms with E-state index in [4.69, 9.17) is 0 Å². The minimum Gasteiger partial charge on any atom is -0.393 e. The molecule has 28 heavy (non-hydrogen) atoms. The van der Waals surface area contributed by atoms with Crippen LogP contribution in [0.15, 0.2) is 23.3 Å². The lowest BCUT2D eigenvalue weighted by molar-refractivity contribution is -0.0328. The van der Waals surface area contributed by atoms with Gasteiger partial charge in [-0.15, -0.1) is 0 Å². The van der Waals surface area contributed by atoms with Crippen LogP contribution in [0.4, 0.5) is 0 Å². The Bertz CT molecular complexity index is 689. The summed E-state index contributed by atoms with van der Waals surface area (Å²) in [6.45, 7) is 10.1. The molecule has 0 bridgehead atoms. The molecule has 5 aliphatic carbocycles. The van der Waals surface area contributed by atoms with Gasteiger partial charge in [-0.05, 0) is 111 Å². The smallest absolute Gasteiger partial charge is 0.0577 e. The average molecular weight is 383 g/mol. The number of allylic oxidation sites excluding steroid dienone is 3. The van der Waals surface area contributed by atoms with E-state index >= 15 is 0 Å². The molecule has 0 aromatic heterocycles. The summed E-state index contributed by atoms with van der Waals surface area (Å²) in [5.74, 6) is 3.47. The van der Waals surface area contributed by atoms with E-state index in [9.17, 15) is 5.11 Å². The molecule has 0 heterocycles. The van der Waals surface area contributed by atoms with Crippen molar-refractivity contribution in [2.75, 3.05) is 0 Å². The second-order valence-corrected chi connectivity index (χ2v) is 12.4. The number of hydrogen-bond donors (Lipinski definition) is 1. The second-order valence-electron chi connectivity index (χ2n) is 12.4. The number of hydrogen-bond acceptors (Lipinski definition) is 1. The average Bonchev–Trinajstić information content (AvgIpc) is 3.00. The SMILES string of the molecule is CC1(C)CCC(C2=CC[C@H]3[C@@H]4CC=C5C[C@@H](O)CC[C@]5(C)[C@H]4CC[C@]23C)CC1. The third-order valence-electron chi connectivity index (χ3n) is 10.5. The molecule has 5 aliphatic rings. The zero-order valence-corrected chi connectivity index (χ0v) is 18.8. The molecule has 1 heteroatoms. The van der Waals surface area contributed by atoms with Crippen molar-refractivity contribution in [3.8, 4) is 0 Å².